The first-order chi connectivity index (χ1) is 17.1. The van der Waals surface area contributed by atoms with Crippen molar-refractivity contribution >= 4 is 40.5 Å². The first kappa shape index (κ1) is 26.5. The Labute approximate surface area is 220 Å². The smallest absolute Gasteiger partial charge is 0.230 e. The standard InChI is InChI=1S/C27H33ClN4O2.C2H6/c1-27(2,3)26(34)29-17-9-10-23(21(28)15-17)31-11-13-32(14-12-31)24-18-7-5-6-8-22(18)30(4)25(33)20-16-19(20)24;1-2/h5-10,15,19-20,24H,11-14,16H2,1-4H3,(H,29,34);1-2H3. The molecule has 1 saturated heterocycles. The van der Waals surface area contributed by atoms with Crippen molar-refractivity contribution in [3.05, 3.63) is 53.1 Å². The lowest BCUT2D eigenvalue weighted by atomic mass is 9.95. The van der Waals surface area contributed by atoms with Crippen molar-refractivity contribution in [2.24, 2.45) is 17.3 Å². The zero-order valence-electron chi connectivity index (χ0n) is 22.3. The van der Waals surface area contributed by atoms with Gasteiger partial charge in [-0.3, -0.25) is 14.5 Å². The van der Waals surface area contributed by atoms with Crippen LogP contribution < -0.4 is 15.1 Å². The Kier molecular flexibility index (Phi) is 7.67. The first-order valence-electron chi connectivity index (χ1n) is 13.1. The fourth-order valence-electron chi connectivity index (χ4n) is 5.36. The van der Waals surface area contributed by atoms with E-state index in [1.807, 2.05) is 70.8 Å². The Morgan fingerprint density at radius 1 is 1.00 bits per heavy atom. The van der Waals surface area contributed by atoms with E-state index < -0.39 is 5.41 Å². The Morgan fingerprint density at radius 2 is 1.67 bits per heavy atom. The van der Waals surface area contributed by atoms with Gasteiger partial charge < -0.3 is 15.1 Å². The van der Waals surface area contributed by atoms with E-state index in [9.17, 15) is 9.59 Å². The Morgan fingerprint density at radius 3 is 2.31 bits per heavy atom. The van der Waals surface area contributed by atoms with Crippen molar-refractivity contribution < 1.29 is 9.59 Å². The van der Waals surface area contributed by atoms with Gasteiger partial charge in [-0.1, -0.05) is 64.4 Å². The second kappa shape index (κ2) is 10.4. The van der Waals surface area contributed by atoms with Crippen LogP contribution in [0.25, 0.3) is 0 Å². The fraction of sp³-hybridized carbons (Fsp3) is 0.517. The van der Waals surface area contributed by atoms with E-state index in [1.165, 1.54) is 5.56 Å². The summed E-state index contributed by atoms with van der Waals surface area (Å²) in [7, 11) is 1.91. The first-order valence-corrected chi connectivity index (χ1v) is 13.5. The zero-order chi connectivity index (χ0) is 26.2. The SMILES string of the molecule is CC.CN1C(=O)C2CC2C(N2CCN(c3ccc(NC(=O)C(C)(C)C)cc3Cl)CC2)c2ccccc21. The average Bonchev–Trinajstić information content (AvgIpc) is 3.66. The molecule has 0 bridgehead atoms. The number of benzene rings is 2. The van der Waals surface area contributed by atoms with E-state index >= 15 is 0 Å². The summed E-state index contributed by atoms with van der Waals surface area (Å²) in [6, 6.07) is 14.4. The van der Waals surface area contributed by atoms with Crippen molar-refractivity contribution in [3.8, 4) is 0 Å². The third-order valence-corrected chi connectivity index (χ3v) is 7.75. The number of para-hydroxylation sites is 1. The molecule has 2 aliphatic heterocycles. The molecule has 3 aliphatic rings. The lowest BCUT2D eigenvalue weighted by Gasteiger charge is -2.41. The van der Waals surface area contributed by atoms with Crippen LogP contribution in [0.4, 0.5) is 17.1 Å². The molecule has 0 aromatic heterocycles. The number of fused-ring (bicyclic) bond motifs is 2. The molecule has 2 aromatic carbocycles. The van der Waals surface area contributed by atoms with E-state index in [0.717, 1.165) is 49.7 Å². The summed E-state index contributed by atoms with van der Waals surface area (Å²) in [5, 5.41) is 3.60. The van der Waals surface area contributed by atoms with E-state index in [1.54, 1.807) is 0 Å². The number of anilines is 3. The van der Waals surface area contributed by atoms with Crippen LogP contribution in [0, 0.1) is 17.3 Å². The third kappa shape index (κ3) is 5.12. The summed E-state index contributed by atoms with van der Waals surface area (Å²) in [6.45, 7) is 13.2. The van der Waals surface area contributed by atoms with Gasteiger partial charge in [0.25, 0.3) is 0 Å². The summed E-state index contributed by atoms with van der Waals surface area (Å²) in [6.07, 6.45) is 0.982. The lowest BCUT2D eigenvalue weighted by molar-refractivity contribution is -0.123. The van der Waals surface area contributed by atoms with Crippen LogP contribution in [-0.4, -0.2) is 49.9 Å². The molecule has 2 fully saturated rings. The number of piperazine rings is 1. The molecule has 194 valence electrons. The van der Waals surface area contributed by atoms with Gasteiger partial charge in [-0.25, -0.2) is 0 Å². The Balaban J connectivity index is 0.00000148. The molecular formula is C29H39ClN4O2. The van der Waals surface area contributed by atoms with Gasteiger partial charge in [-0.2, -0.15) is 0 Å². The highest BCUT2D eigenvalue weighted by Gasteiger charge is 2.54. The number of carbonyl (C=O) groups excluding carboxylic acids is 2. The van der Waals surface area contributed by atoms with Gasteiger partial charge in [0.05, 0.1) is 10.7 Å². The van der Waals surface area contributed by atoms with Gasteiger partial charge in [-0.15, -0.1) is 0 Å². The molecule has 1 aliphatic carbocycles. The normalized spacial score (nSPS) is 23.6. The molecule has 0 spiro atoms. The summed E-state index contributed by atoms with van der Waals surface area (Å²) in [4.78, 5) is 31.9. The van der Waals surface area contributed by atoms with Gasteiger partial charge in [0, 0.05) is 62.0 Å². The molecule has 5 rings (SSSR count). The number of amides is 2. The predicted molar refractivity (Wildman–Crippen MR) is 149 cm³/mol. The molecule has 1 N–H and O–H groups in total. The van der Waals surface area contributed by atoms with Crippen LogP contribution in [-0.2, 0) is 9.59 Å². The minimum absolute atomic E-state index is 0.0314. The Bertz CT molecular complexity index is 1120. The fourth-order valence-corrected chi connectivity index (χ4v) is 5.66. The second-order valence-electron chi connectivity index (χ2n) is 10.8. The van der Waals surface area contributed by atoms with E-state index in [-0.39, 0.29) is 23.8 Å². The molecular weight excluding hydrogens is 472 g/mol. The van der Waals surface area contributed by atoms with Gasteiger partial charge in [0.2, 0.25) is 11.8 Å². The number of hydrogen-bond donors (Lipinski definition) is 1. The highest BCUT2D eigenvalue weighted by atomic mass is 35.5. The molecule has 0 radical (unpaired) electrons. The quantitative estimate of drug-likeness (QED) is 0.564. The lowest BCUT2D eigenvalue weighted by Crippen LogP contribution is -2.48. The number of carbonyl (C=O) groups is 2. The number of halogens is 1. The maximum atomic E-state index is 12.9. The maximum absolute atomic E-state index is 12.9. The van der Waals surface area contributed by atoms with Crippen molar-refractivity contribution in [1.29, 1.82) is 0 Å². The predicted octanol–water partition coefficient (Wildman–Crippen LogP) is 5.83. The average molecular weight is 511 g/mol. The Hall–Kier alpha value is -2.57. The summed E-state index contributed by atoms with van der Waals surface area (Å²) >= 11 is 6.65. The largest absolute Gasteiger partial charge is 0.368 e. The molecule has 2 amide bonds. The maximum Gasteiger partial charge on any atom is 0.230 e. The van der Waals surface area contributed by atoms with Gasteiger partial charge in [0.1, 0.15) is 0 Å². The molecule has 3 unspecified atom stereocenters. The molecule has 36 heavy (non-hydrogen) atoms. The molecule has 7 heteroatoms. The molecule has 3 atom stereocenters. The summed E-state index contributed by atoms with van der Waals surface area (Å²) in [5.74, 6) is 0.769. The third-order valence-electron chi connectivity index (χ3n) is 7.44. The molecule has 1 saturated carbocycles. The van der Waals surface area contributed by atoms with Crippen molar-refractivity contribution in [1.82, 2.24) is 4.90 Å². The second-order valence-corrected chi connectivity index (χ2v) is 11.2. The topological polar surface area (TPSA) is 55.9 Å². The minimum Gasteiger partial charge on any atom is -0.368 e. The highest BCUT2D eigenvalue weighted by Crippen LogP contribution is 2.55. The number of nitrogens with zero attached hydrogens (tertiary/aromatic N) is 3. The highest BCUT2D eigenvalue weighted by molar-refractivity contribution is 6.33. The minimum atomic E-state index is -0.460. The van der Waals surface area contributed by atoms with Crippen LogP contribution in [0.15, 0.2) is 42.5 Å². The van der Waals surface area contributed by atoms with E-state index in [4.69, 9.17) is 11.6 Å². The van der Waals surface area contributed by atoms with Gasteiger partial charge in [0.15, 0.2) is 0 Å². The monoisotopic (exact) mass is 510 g/mol. The van der Waals surface area contributed by atoms with Gasteiger partial charge >= 0.3 is 0 Å². The molecule has 2 aromatic rings. The summed E-state index contributed by atoms with van der Waals surface area (Å²) in [5.41, 5.74) is 3.57. The number of nitrogens with one attached hydrogen (secondary N) is 1. The van der Waals surface area contributed by atoms with Crippen LogP contribution in [0.1, 0.15) is 52.6 Å². The van der Waals surface area contributed by atoms with Crippen LogP contribution in [0.5, 0.6) is 0 Å². The number of rotatable bonds is 3. The molecule has 2 heterocycles. The molecule has 6 nitrogen and oxygen atoms in total. The van der Waals surface area contributed by atoms with Crippen LogP contribution >= 0.6 is 11.6 Å². The van der Waals surface area contributed by atoms with Crippen LogP contribution in [0.2, 0.25) is 5.02 Å². The van der Waals surface area contributed by atoms with E-state index in [2.05, 4.69) is 33.3 Å². The number of hydrogen-bond acceptors (Lipinski definition) is 4. The van der Waals surface area contributed by atoms with Gasteiger partial charge in [-0.05, 0) is 42.2 Å². The van der Waals surface area contributed by atoms with Crippen molar-refractivity contribution in [2.75, 3.05) is 48.3 Å². The van der Waals surface area contributed by atoms with Crippen LogP contribution in [0.3, 0.4) is 0 Å². The van der Waals surface area contributed by atoms with E-state index in [0.29, 0.717) is 10.9 Å². The summed E-state index contributed by atoms with van der Waals surface area (Å²) < 4.78 is 0. The van der Waals surface area contributed by atoms with Crippen molar-refractivity contribution in [2.45, 2.75) is 47.1 Å². The zero-order valence-corrected chi connectivity index (χ0v) is 23.1. The van der Waals surface area contributed by atoms with Crippen molar-refractivity contribution in [3.63, 3.8) is 0 Å².